The van der Waals surface area contributed by atoms with Crippen molar-refractivity contribution < 1.29 is 4.79 Å². The standard InChI is InChI=1S/C8H10ClN3OS/c9-5-1-2-6(10)7(3-5)14-4-8(13)12-11/h1-3H,4,10-11H2,(H,12,13). The summed E-state index contributed by atoms with van der Waals surface area (Å²) in [7, 11) is 0. The monoisotopic (exact) mass is 231 g/mol. The Bertz CT molecular complexity index is 345. The van der Waals surface area contributed by atoms with Gasteiger partial charge in [0.15, 0.2) is 0 Å². The van der Waals surface area contributed by atoms with Crippen molar-refractivity contribution in [1.29, 1.82) is 0 Å². The van der Waals surface area contributed by atoms with E-state index in [2.05, 4.69) is 0 Å². The predicted molar refractivity (Wildman–Crippen MR) is 58.9 cm³/mol. The van der Waals surface area contributed by atoms with Crippen LogP contribution in [0.5, 0.6) is 0 Å². The van der Waals surface area contributed by atoms with Crippen LogP contribution in [0.3, 0.4) is 0 Å². The third kappa shape index (κ3) is 3.10. The van der Waals surface area contributed by atoms with Gasteiger partial charge >= 0.3 is 0 Å². The van der Waals surface area contributed by atoms with Crippen molar-refractivity contribution in [2.24, 2.45) is 5.84 Å². The number of hydrazine groups is 1. The van der Waals surface area contributed by atoms with Crippen LogP contribution >= 0.6 is 23.4 Å². The Morgan fingerprint density at radius 2 is 2.29 bits per heavy atom. The summed E-state index contributed by atoms with van der Waals surface area (Å²) in [6.07, 6.45) is 0. The topological polar surface area (TPSA) is 81.1 Å². The van der Waals surface area contributed by atoms with Crippen LogP contribution in [0, 0.1) is 0 Å². The number of hydrogen-bond acceptors (Lipinski definition) is 4. The number of carbonyl (C=O) groups is 1. The summed E-state index contributed by atoms with van der Waals surface area (Å²) in [4.78, 5) is 11.6. The smallest absolute Gasteiger partial charge is 0.244 e. The molecule has 0 saturated heterocycles. The average Bonchev–Trinajstić information content (AvgIpc) is 2.19. The molecule has 1 rings (SSSR count). The highest BCUT2D eigenvalue weighted by atomic mass is 35.5. The van der Waals surface area contributed by atoms with E-state index in [1.54, 1.807) is 18.2 Å². The Labute approximate surface area is 90.9 Å². The van der Waals surface area contributed by atoms with Crippen LogP contribution in [-0.2, 0) is 4.79 Å². The molecule has 0 atom stereocenters. The van der Waals surface area contributed by atoms with Crippen LogP contribution in [0.1, 0.15) is 0 Å². The Hall–Kier alpha value is -0.910. The lowest BCUT2D eigenvalue weighted by atomic mass is 10.3. The van der Waals surface area contributed by atoms with Crippen molar-refractivity contribution in [2.45, 2.75) is 4.90 Å². The highest BCUT2D eigenvalue weighted by molar-refractivity contribution is 8.00. The summed E-state index contributed by atoms with van der Waals surface area (Å²) >= 11 is 7.06. The minimum Gasteiger partial charge on any atom is -0.398 e. The molecule has 0 heterocycles. The third-order valence-corrected chi connectivity index (χ3v) is 2.80. The maximum atomic E-state index is 10.9. The Balaban J connectivity index is 2.66. The van der Waals surface area contributed by atoms with Crippen molar-refractivity contribution in [1.82, 2.24) is 5.43 Å². The van der Waals surface area contributed by atoms with Crippen LogP contribution in [-0.4, -0.2) is 11.7 Å². The molecule has 1 amide bonds. The second-order valence-electron chi connectivity index (χ2n) is 2.54. The Morgan fingerprint density at radius 3 is 2.93 bits per heavy atom. The van der Waals surface area contributed by atoms with Gasteiger partial charge in [-0.2, -0.15) is 0 Å². The van der Waals surface area contributed by atoms with Crippen LogP contribution in [0.2, 0.25) is 5.02 Å². The summed E-state index contributed by atoms with van der Waals surface area (Å²) in [5, 5.41) is 0.592. The van der Waals surface area contributed by atoms with Gasteiger partial charge in [-0.15, -0.1) is 11.8 Å². The number of nitrogens with one attached hydrogen (secondary N) is 1. The summed E-state index contributed by atoms with van der Waals surface area (Å²) in [6, 6.07) is 5.11. The molecular weight excluding hydrogens is 222 g/mol. The van der Waals surface area contributed by atoms with Crippen LogP contribution in [0.25, 0.3) is 0 Å². The van der Waals surface area contributed by atoms with Gasteiger partial charge < -0.3 is 5.73 Å². The number of nitrogens with two attached hydrogens (primary N) is 2. The molecule has 76 valence electrons. The molecule has 0 aliphatic heterocycles. The van der Waals surface area contributed by atoms with Gasteiger partial charge in [-0.25, -0.2) is 5.84 Å². The fraction of sp³-hybridized carbons (Fsp3) is 0.125. The fourth-order valence-corrected chi connectivity index (χ4v) is 1.87. The van der Waals surface area contributed by atoms with Crippen molar-refractivity contribution >= 4 is 35.0 Å². The Kier molecular flexibility index (Phi) is 4.06. The first-order chi connectivity index (χ1) is 6.63. The summed E-state index contributed by atoms with van der Waals surface area (Å²) in [5.41, 5.74) is 8.31. The van der Waals surface area contributed by atoms with E-state index in [-0.39, 0.29) is 11.7 Å². The molecular formula is C8H10ClN3OS. The van der Waals surface area contributed by atoms with E-state index < -0.39 is 0 Å². The van der Waals surface area contributed by atoms with Gasteiger partial charge in [0, 0.05) is 15.6 Å². The quantitative estimate of drug-likeness (QED) is 0.238. The van der Waals surface area contributed by atoms with Crippen molar-refractivity contribution in [2.75, 3.05) is 11.5 Å². The number of rotatable bonds is 3. The first kappa shape index (κ1) is 11.2. The number of anilines is 1. The lowest BCUT2D eigenvalue weighted by Crippen LogP contribution is -2.31. The highest BCUT2D eigenvalue weighted by Gasteiger charge is 2.04. The number of nitrogen functional groups attached to an aromatic ring is 1. The number of carbonyl (C=O) groups excluding carboxylic acids is 1. The predicted octanol–water partition coefficient (Wildman–Crippen LogP) is 1.00. The summed E-state index contributed by atoms with van der Waals surface area (Å²) < 4.78 is 0. The van der Waals surface area contributed by atoms with Gasteiger partial charge in [0.1, 0.15) is 0 Å². The minimum atomic E-state index is -0.255. The largest absolute Gasteiger partial charge is 0.398 e. The molecule has 0 saturated carbocycles. The molecule has 0 spiro atoms. The molecule has 14 heavy (non-hydrogen) atoms. The van der Waals surface area contributed by atoms with E-state index in [1.807, 2.05) is 5.43 Å². The highest BCUT2D eigenvalue weighted by Crippen LogP contribution is 2.27. The number of halogens is 1. The maximum Gasteiger partial charge on any atom is 0.244 e. The normalized spacial score (nSPS) is 9.86. The molecule has 0 aromatic heterocycles. The zero-order valence-corrected chi connectivity index (χ0v) is 8.86. The third-order valence-electron chi connectivity index (χ3n) is 1.50. The van der Waals surface area contributed by atoms with Crippen molar-refractivity contribution in [3.63, 3.8) is 0 Å². The first-order valence-corrected chi connectivity index (χ1v) is 5.17. The SMILES string of the molecule is NNC(=O)CSc1cc(Cl)ccc1N. The number of benzene rings is 1. The van der Waals surface area contributed by atoms with Gasteiger partial charge in [0.25, 0.3) is 0 Å². The molecule has 0 unspecified atom stereocenters. The zero-order chi connectivity index (χ0) is 10.6. The summed E-state index contributed by atoms with van der Waals surface area (Å²) in [6.45, 7) is 0. The second kappa shape index (κ2) is 5.09. The molecule has 0 aliphatic carbocycles. The zero-order valence-electron chi connectivity index (χ0n) is 7.29. The number of thioether (sulfide) groups is 1. The van der Waals surface area contributed by atoms with Crippen LogP contribution in [0.4, 0.5) is 5.69 Å². The van der Waals surface area contributed by atoms with Gasteiger partial charge in [0.05, 0.1) is 5.75 Å². The van der Waals surface area contributed by atoms with E-state index >= 15 is 0 Å². The van der Waals surface area contributed by atoms with Crippen LogP contribution < -0.4 is 17.0 Å². The van der Waals surface area contributed by atoms with E-state index in [4.69, 9.17) is 23.2 Å². The van der Waals surface area contributed by atoms with Gasteiger partial charge in [-0.1, -0.05) is 11.6 Å². The van der Waals surface area contributed by atoms with Crippen LogP contribution in [0.15, 0.2) is 23.1 Å². The fourth-order valence-electron chi connectivity index (χ4n) is 0.818. The Morgan fingerprint density at radius 1 is 1.57 bits per heavy atom. The van der Waals surface area contributed by atoms with Crippen molar-refractivity contribution in [3.05, 3.63) is 23.2 Å². The molecule has 0 aliphatic rings. The van der Waals surface area contributed by atoms with Crippen molar-refractivity contribution in [3.8, 4) is 0 Å². The lowest BCUT2D eigenvalue weighted by molar-refractivity contribution is -0.118. The average molecular weight is 232 g/mol. The molecule has 1 aromatic rings. The molecule has 6 heteroatoms. The number of amides is 1. The maximum absolute atomic E-state index is 10.9. The van der Waals surface area contributed by atoms with Gasteiger partial charge in [0.2, 0.25) is 5.91 Å². The summed E-state index contributed by atoms with van der Waals surface area (Å²) in [5.74, 6) is 4.90. The molecule has 0 bridgehead atoms. The minimum absolute atomic E-state index is 0.223. The van der Waals surface area contributed by atoms with Gasteiger partial charge in [-0.05, 0) is 18.2 Å². The first-order valence-electron chi connectivity index (χ1n) is 3.80. The van der Waals surface area contributed by atoms with E-state index in [1.165, 1.54) is 11.8 Å². The molecule has 5 N–H and O–H groups in total. The second-order valence-corrected chi connectivity index (χ2v) is 3.99. The molecule has 0 fully saturated rings. The van der Waals surface area contributed by atoms with E-state index in [9.17, 15) is 4.79 Å². The van der Waals surface area contributed by atoms with Gasteiger partial charge in [-0.3, -0.25) is 10.2 Å². The molecule has 4 nitrogen and oxygen atoms in total. The molecule has 1 aromatic carbocycles. The lowest BCUT2D eigenvalue weighted by Gasteiger charge is -2.04. The van der Waals surface area contributed by atoms with E-state index in [0.717, 1.165) is 4.90 Å². The molecule has 0 radical (unpaired) electrons. The number of hydrogen-bond donors (Lipinski definition) is 3. The van der Waals surface area contributed by atoms with E-state index in [0.29, 0.717) is 10.7 Å².